The third-order valence-electron chi connectivity index (χ3n) is 4.27. The Balaban J connectivity index is 1.83. The van der Waals surface area contributed by atoms with Gasteiger partial charge in [0.05, 0.1) is 30.4 Å². The molecule has 6 heteroatoms. The van der Waals surface area contributed by atoms with E-state index in [0.29, 0.717) is 39.2 Å². The van der Waals surface area contributed by atoms with E-state index in [9.17, 15) is 4.79 Å². The Morgan fingerprint density at radius 1 is 0.929 bits per heavy atom. The second-order valence-electron chi connectivity index (χ2n) is 6.04. The van der Waals surface area contributed by atoms with Gasteiger partial charge >= 0.3 is 5.97 Å². The number of methoxy groups -OCH3 is 1. The van der Waals surface area contributed by atoms with Gasteiger partial charge in [-0.3, -0.25) is 0 Å². The molecule has 0 spiro atoms. The van der Waals surface area contributed by atoms with E-state index in [-0.39, 0.29) is 5.57 Å². The summed E-state index contributed by atoms with van der Waals surface area (Å²) in [5, 5.41) is 19.6. The topological polar surface area (TPSA) is 100 Å². The van der Waals surface area contributed by atoms with Crippen molar-refractivity contribution in [2.75, 3.05) is 7.11 Å². The third kappa shape index (κ3) is 3.00. The highest BCUT2D eigenvalue weighted by molar-refractivity contribution is 6.21. The van der Waals surface area contributed by atoms with Crippen LogP contribution in [0.5, 0.6) is 0 Å². The van der Waals surface area contributed by atoms with Crippen LogP contribution in [0.2, 0.25) is 0 Å². The fourth-order valence-electron chi connectivity index (χ4n) is 2.92. The van der Waals surface area contributed by atoms with E-state index in [1.165, 1.54) is 13.2 Å². The molecule has 0 radical (unpaired) electrons. The molecule has 0 aliphatic carbocycles. The van der Waals surface area contributed by atoms with Crippen molar-refractivity contribution in [1.29, 1.82) is 10.5 Å². The highest BCUT2D eigenvalue weighted by atomic mass is 16.5. The van der Waals surface area contributed by atoms with Crippen LogP contribution in [0.3, 0.4) is 0 Å². The molecule has 134 valence electrons. The second-order valence-corrected chi connectivity index (χ2v) is 6.04. The molecule has 0 aliphatic heterocycles. The lowest BCUT2D eigenvalue weighted by atomic mass is 10.1. The normalized spacial score (nSPS) is 11.3. The first-order valence-electron chi connectivity index (χ1n) is 8.29. The standard InChI is InChI=1S/C22H12N2O4/c1-26-22(25)18(21-9-16-6-13(11-23)3-5-19(16)28-21)10-17-8-15-4-2-14(12-24)7-20(15)27-17/h2-10H,1H3. The average Bonchev–Trinajstić information content (AvgIpc) is 3.33. The average molecular weight is 368 g/mol. The number of rotatable bonds is 3. The summed E-state index contributed by atoms with van der Waals surface area (Å²) in [6.07, 6.45) is 1.53. The molecule has 0 aliphatic rings. The van der Waals surface area contributed by atoms with Crippen molar-refractivity contribution >= 4 is 39.6 Å². The van der Waals surface area contributed by atoms with Crippen molar-refractivity contribution in [3.8, 4) is 12.1 Å². The molecule has 6 nitrogen and oxygen atoms in total. The number of furan rings is 2. The zero-order valence-electron chi connectivity index (χ0n) is 14.7. The van der Waals surface area contributed by atoms with E-state index in [2.05, 4.69) is 12.1 Å². The zero-order chi connectivity index (χ0) is 19.7. The molecule has 0 fully saturated rings. The number of nitrogens with zero attached hydrogens (tertiary/aromatic N) is 2. The summed E-state index contributed by atoms with van der Waals surface area (Å²) in [4.78, 5) is 12.3. The van der Waals surface area contributed by atoms with Crippen LogP contribution in [0.1, 0.15) is 22.6 Å². The van der Waals surface area contributed by atoms with E-state index < -0.39 is 5.97 Å². The Morgan fingerprint density at radius 3 is 2.43 bits per heavy atom. The highest BCUT2D eigenvalue weighted by Gasteiger charge is 2.19. The molecule has 0 saturated carbocycles. The molecule has 0 saturated heterocycles. The van der Waals surface area contributed by atoms with Crippen molar-refractivity contribution in [3.63, 3.8) is 0 Å². The van der Waals surface area contributed by atoms with Crippen LogP contribution in [-0.4, -0.2) is 13.1 Å². The maximum absolute atomic E-state index is 12.3. The summed E-state index contributed by atoms with van der Waals surface area (Å²) in [7, 11) is 1.28. The monoisotopic (exact) mass is 368 g/mol. The minimum Gasteiger partial charge on any atom is -0.465 e. The number of nitriles is 2. The van der Waals surface area contributed by atoms with Crippen molar-refractivity contribution < 1.29 is 18.4 Å². The number of carbonyl (C=O) groups excluding carboxylic acids is 1. The number of fused-ring (bicyclic) bond motifs is 2. The van der Waals surface area contributed by atoms with Crippen LogP contribution < -0.4 is 0 Å². The molecule has 2 aromatic carbocycles. The van der Waals surface area contributed by atoms with Gasteiger partial charge in [0, 0.05) is 10.8 Å². The Kier molecular flexibility index (Phi) is 4.16. The van der Waals surface area contributed by atoms with Gasteiger partial charge in [-0.05, 0) is 54.6 Å². The SMILES string of the molecule is COC(=O)C(=Cc1cc2ccc(C#N)cc2o1)c1cc2cc(C#N)ccc2o1. The van der Waals surface area contributed by atoms with Crippen LogP contribution in [-0.2, 0) is 9.53 Å². The van der Waals surface area contributed by atoms with Gasteiger partial charge in [0.1, 0.15) is 28.3 Å². The first-order valence-corrected chi connectivity index (χ1v) is 8.29. The predicted molar refractivity (Wildman–Crippen MR) is 102 cm³/mol. The summed E-state index contributed by atoms with van der Waals surface area (Å²) in [6, 6.07) is 17.7. The number of carbonyl (C=O) groups is 1. The van der Waals surface area contributed by atoms with E-state index in [0.717, 1.165) is 5.39 Å². The van der Waals surface area contributed by atoms with Gasteiger partial charge in [0.25, 0.3) is 0 Å². The maximum Gasteiger partial charge on any atom is 0.341 e. The Hall–Kier alpha value is -4.29. The van der Waals surface area contributed by atoms with Crippen LogP contribution in [0, 0.1) is 22.7 Å². The second kappa shape index (κ2) is 6.79. The van der Waals surface area contributed by atoms with Gasteiger partial charge in [-0.1, -0.05) is 0 Å². The first-order chi connectivity index (χ1) is 13.6. The number of ether oxygens (including phenoxy) is 1. The molecular formula is C22H12N2O4. The van der Waals surface area contributed by atoms with Crippen molar-refractivity contribution in [2.24, 2.45) is 0 Å². The maximum atomic E-state index is 12.3. The molecule has 0 bridgehead atoms. The largest absolute Gasteiger partial charge is 0.465 e. The van der Waals surface area contributed by atoms with Crippen molar-refractivity contribution in [2.45, 2.75) is 0 Å². The van der Waals surface area contributed by atoms with Gasteiger partial charge in [-0.15, -0.1) is 0 Å². The van der Waals surface area contributed by atoms with Gasteiger partial charge in [-0.2, -0.15) is 10.5 Å². The lowest BCUT2D eigenvalue weighted by molar-refractivity contribution is -0.133. The number of hydrogen-bond donors (Lipinski definition) is 0. The van der Waals surface area contributed by atoms with Crippen LogP contribution >= 0.6 is 0 Å². The minimum atomic E-state index is -0.585. The molecule has 28 heavy (non-hydrogen) atoms. The Labute approximate surface area is 159 Å². The third-order valence-corrected chi connectivity index (χ3v) is 4.27. The van der Waals surface area contributed by atoms with E-state index in [1.54, 1.807) is 48.5 Å². The molecule has 2 aromatic heterocycles. The molecule has 4 aromatic rings. The van der Waals surface area contributed by atoms with E-state index in [1.807, 2.05) is 0 Å². The molecule has 2 heterocycles. The quantitative estimate of drug-likeness (QED) is 0.386. The summed E-state index contributed by atoms with van der Waals surface area (Å²) < 4.78 is 16.4. The summed E-state index contributed by atoms with van der Waals surface area (Å²) in [5.41, 5.74) is 2.24. The van der Waals surface area contributed by atoms with Crippen molar-refractivity contribution in [1.82, 2.24) is 0 Å². The molecule has 0 atom stereocenters. The minimum absolute atomic E-state index is 0.178. The zero-order valence-corrected chi connectivity index (χ0v) is 14.7. The number of benzene rings is 2. The van der Waals surface area contributed by atoms with Gasteiger partial charge in [-0.25, -0.2) is 4.79 Å². The molecule has 0 N–H and O–H groups in total. The Bertz CT molecular complexity index is 1340. The lowest BCUT2D eigenvalue weighted by Crippen LogP contribution is -2.02. The summed E-state index contributed by atoms with van der Waals surface area (Å²) in [6.45, 7) is 0. The van der Waals surface area contributed by atoms with Gasteiger partial charge in [0.15, 0.2) is 0 Å². The van der Waals surface area contributed by atoms with Crippen LogP contribution in [0.15, 0.2) is 57.4 Å². The smallest absolute Gasteiger partial charge is 0.341 e. The molecular weight excluding hydrogens is 356 g/mol. The molecule has 4 rings (SSSR count). The summed E-state index contributed by atoms with van der Waals surface area (Å²) in [5.74, 6) is 0.136. The van der Waals surface area contributed by atoms with Gasteiger partial charge < -0.3 is 13.6 Å². The predicted octanol–water partition coefficient (Wildman–Crippen LogP) is 4.64. The molecule has 0 amide bonds. The highest BCUT2D eigenvalue weighted by Crippen LogP contribution is 2.29. The fourth-order valence-corrected chi connectivity index (χ4v) is 2.92. The van der Waals surface area contributed by atoms with Crippen molar-refractivity contribution in [3.05, 3.63) is 71.2 Å². The first kappa shape index (κ1) is 17.1. The van der Waals surface area contributed by atoms with Gasteiger partial charge in [0.2, 0.25) is 0 Å². The number of hydrogen-bond acceptors (Lipinski definition) is 6. The lowest BCUT2D eigenvalue weighted by Gasteiger charge is -2.01. The van der Waals surface area contributed by atoms with Crippen LogP contribution in [0.4, 0.5) is 0 Å². The fraction of sp³-hybridized carbons (Fsp3) is 0.0455. The summed E-state index contributed by atoms with van der Waals surface area (Å²) >= 11 is 0. The number of esters is 1. The molecule has 0 unspecified atom stereocenters. The van der Waals surface area contributed by atoms with Crippen LogP contribution in [0.25, 0.3) is 33.6 Å². The van der Waals surface area contributed by atoms with E-state index in [4.69, 9.17) is 24.1 Å². The Morgan fingerprint density at radius 2 is 1.68 bits per heavy atom. The van der Waals surface area contributed by atoms with E-state index >= 15 is 0 Å².